The van der Waals surface area contributed by atoms with Crippen LogP contribution in [0.4, 0.5) is 0 Å². The Morgan fingerprint density at radius 2 is 1.92 bits per heavy atom. The van der Waals surface area contributed by atoms with Crippen molar-refractivity contribution in [2.45, 2.75) is 42.5 Å². The number of nitrogens with one attached hydrogen (secondary N) is 1. The predicted octanol–water partition coefficient (Wildman–Crippen LogP) is 2.94. The molecule has 3 aliphatic rings. The van der Waals surface area contributed by atoms with Gasteiger partial charge in [-0.1, -0.05) is 12.1 Å². The number of ether oxygens (including phenoxy) is 1. The molecule has 136 valence electrons. The van der Waals surface area contributed by atoms with Gasteiger partial charge >= 0.3 is 0 Å². The summed E-state index contributed by atoms with van der Waals surface area (Å²) in [7, 11) is 0. The minimum absolute atomic E-state index is 0.0843. The monoisotopic (exact) mass is 378 g/mol. The molecule has 25 heavy (non-hydrogen) atoms. The average molecular weight is 379 g/mol. The summed E-state index contributed by atoms with van der Waals surface area (Å²) in [5.41, 5.74) is 1.22. The molecule has 2 heterocycles. The van der Waals surface area contributed by atoms with Crippen LogP contribution in [0.15, 0.2) is 24.3 Å². The lowest BCUT2D eigenvalue weighted by Gasteiger charge is -2.44. The lowest BCUT2D eigenvalue weighted by molar-refractivity contribution is -0.116. The molecule has 2 saturated heterocycles. The van der Waals surface area contributed by atoms with Gasteiger partial charge in [-0.25, -0.2) is 0 Å². The van der Waals surface area contributed by atoms with Gasteiger partial charge in [0.2, 0.25) is 0 Å². The number of thioether (sulfide) groups is 2. The van der Waals surface area contributed by atoms with E-state index in [2.05, 4.69) is 46.2 Å². The summed E-state index contributed by atoms with van der Waals surface area (Å²) in [5, 5.41) is 3.72. The third-order valence-corrected chi connectivity index (χ3v) is 7.84. The first-order valence-electron chi connectivity index (χ1n) is 9.17. The molecule has 1 aromatic carbocycles. The van der Waals surface area contributed by atoms with Crippen molar-refractivity contribution in [1.29, 1.82) is 0 Å². The van der Waals surface area contributed by atoms with Crippen LogP contribution in [-0.2, 0) is 4.79 Å². The number of benzene rings is 1. The molecule has 2 atom stereocenters. The van der Waals surface area contributed by atoms with Crippen LogP contribution in [0.3, 0.4) is 0 Å². The van der Waals surface area contributed by atoms with Crippen molar-refractivity contribution in [3.05, 3.63) is 29.8 Å². The minimum Gasteiger partial charge on any atom is -0.490 e. The Balaban J connectivity index is 1.25. The molecule has 3 fully saturated rings. The van der Waals surface area contributed by atoms with Gasteiger partial charge in [-0.3, -0.25) is 9.69 Å². The third-order valence-electron chi connectivity index (χ3n) is 5.36. The molecule has 2 aliphatic heterocycles. The first-order valence-corrected chi connectivity index (χ1v) is 11.3. The minimum atomic E-state index is 0.0843. The second-order valence-electron chi connectivity index (χ2n) is 7.11. The quantitative estimate of drug-likeness (QED) is 0.850. The van der Waals surface area contributed by atoms with Crippen molar-refractivity contribution in [3.63, 3.8) is 0 Å². The highest BCUT2D eigenvalue weighted by Crippen LogP contribution is 2.36. The number of hydrogen-bond donors (Lipinski definition) is 1. The van der Waals surface area contributed by atoms with Crippen molar-refractivity contribution < 1.29 is 9.53 Å². The van der Waals surface area contributed by atoms with Gasteiger partial charge in [0.25, 0.3) is 0 Å². The maximum atomic E-state index is 11.5. The maximum absolute atomic E-state index is 11.5. The zero-order valence-electron chi connectivity index (χ0n) is 14.6. The van der Waals surface area contributed by atoms with Gasteiger partial charge in [-0.15, -0.1) is 11.8 Å². The highest BCUT2D eigenvalue weighted by molar-refractivity contribution is 8.01. The summed E-state index contributed by atoms with van der Waals surface area (Å²) in [6, 6.07) is 9.13. The zero-order valence-corrected chi connectivity index (χ0v) is 16.3. The van der Waals surface area contributed by atoms with E-state index in [9.17, 15) is 4.79 Å². The van der Waals surface area contributed by atoms with E-state index in [0.29, 0.717) is 6.10 Å². The summed E-state index contributed by atoms with van der Waals surface area (Å²) in [6.07, 6.45) is 2.69. The van der Waals surface area contributed by atoms with E-state index in [4.69, 9.17) is 4.74 Å². The Hall–Kier alpha value is -0.690. The largest absolute Gasteiger partial charge is 0.490 e. The number of hydrogen-bond acceptors (Lipinski definition) is 6. The van der Waals surface area contributed by atoms with Gasteiger partial charge in [0, 0.05) is 50.0 Å². The van der Waals surface area contributed by atoms with Crippen molar-refractivity contribution in [3.8, 4) is 5.75 Å². The Bertz CT molecular complexity index is 598. The molecular formula is C19H26N2O2S2. The van der Waals surface area contributed by atoms with E-state index in [1.54, 1.807) is 18.7 Å². The van der Waals surface area contributed by atoms with Crippen LogP contribution in [0.25, 0.3) is 0 Å². The second kappa shape index (κ2) is 7.91. The predicted molar refractivity (Wildman–Crippen MR) is 106 cm³/mol. The molecule has 1 saturated carbocycles. The standard InChI is InChI=1S/C19H26N2O2S2/c1-13(22)18-12-20-19(25-18)14-2-4-16(5-3-14)23-17-10-15(11-17)21-6-8-24-9-7-21/h2-5,15,17-20H,6-12H2,1H3. The smallest absolute Gasteiger partial charge is 0.144 e. The number of ketones is 1. The Kier molecular flexibility index (Phi) is 5.60. The highest BCUT2D eigenvalue weighted by Gasteiger charge is 2.35. The SMILES string of the molecule is CC(=O)C1CNC(c2ccc(OC3CC(N4CCSCC4)C3)cc2)S1. The molecule has 0 radical (unpaired) electrons. The molecule has 6 heteroatoms. The van der Waals surface area contributed by atoms with Crippen LogP contribution in [0.1, 0.15) is 30.7 Å². The molecule has 0 aromatic heterocycles. The summed E-state index contributed by atoms with van der Waals surface area (Å²) in [5.74, 6) is 3.78. The van der Waals surface area contributed by atoms with Crippen molar-refractivity contribution in [1.82, 2.24) is 10.2 Å². The lowest BCUT2D eigenvalue weighted by atomic mass is 9.87. The molecule has 2 unspecified atom stereocenters. The molecule has 4 nitrogen and oxygen atoms in total. The second-order valence-corrected chi connectivity index (χ2v) is 9.64. The van der Waals surface area contributed by atoms with Crippen LogP contribution >= 0.6 is 23.5 Å². The highest BCUT2D eigenvalue weighted by atomic mass is 32.2. The zero-order chi connectivity index (χ0) is 17.2. The fraction of sp³-hybridized carbons (Fsp3) is 0.632. The molecule has 4 rings (SSSR count). The van der Waals surface area contributed by atoms with E-state index in [1.165, 1.54) is 30.2 Å². The average Bonchev–Trinajstić information content (AvgIpc) is 3.09. The van der Waals surface area contributed by atoms with Crippen LogP contribution in [-0.4, -0.2) is 59.2 Å². The van der Waals surface area contributed by atoms with Crippen LogP contribution in [0.5, 0.6) is 5.75 Å². The first-order chi connectivity index (χ1) is 12.2. The van der Waals surface area contributed by atoms with Gasteiger partial charge in [0.05, 0.1) is 10.6 Å². The van der Waals surface area contributed by atoms with E-state index < -0.39 is 0 Å². The summed E-state index contributed by atoms with van der Waals surface area (Å²) >= 11 is 3.78. The van der Waals surface area contributed by atoms with Crippen LogP contribution in [0.2, 0.25) is 0 Å². The van der Waals surface area contributed by atoms with E-state index >= 15 is 0 Å². The van der Waals surface area contributed by atoms with Gasteiger partial charge in [0.15, 0.2) is 0 Å². The van der Waals surface area contributed by atoms with Crippen LogP contribution in [0, 0.1) is 0 Å². The number of nitrogens with zero attached hydrogens (tertiary/aromatic N) is 1. The number of carbonyl (C=O) groups excluding carboxylic acids is 1. The molecule has 0 amide bonds. The van der Waals surface area contributed by atoms with E-state index in [1.807, 2.05) is 0 Å². The molecule has 1 aliphatic carbocycles. The van der Waals surface area contributed by atoms with Crippen molar-refractivity contribution in [2.75, 3.05) is 31.1 Å². The van der Waals surface area contributed by atoms with Crippen molar-refractivity contribution in [2.24, 2.45) is 0 Å². The Morgan fingerprint density at radius 1 is 1.20 bits per heavy atom. The number of Topliss-reactive ketones (excluding diaryl/α,β-unsaturated/α-hetero) is 1. The van der Waals surface area contributed by atoms with Gasteiger partial charge in [-0.05, 0) is 24.6 Å². The number of carbonyl (C=O) groups is 1. The van der Waals surface area contributed by atoms with Gasteiger partial charge in [-0.2, -0.15) is 11.8 Å². The molecule has 1 aromatic rings. The first kappa shape index (κ1) is 17.7. The molecule has 0 bridgehead atoms. The fourth-order valence-corrected chi connectivity index (χ4v) is 5.85. The third kappa shape index (κ3) is 4.18. The number of rotatable bonds is 5. The van der Waals surface area contributed by atoms with Gasteiger partial charge in [0.1, 0.15) is 17.6 Å². The summed E-state index contributed by atoms with van der Waals surface area (Å²) in [4.78, 5) is 14.1. The normalized spacial score (nSPS) is 33.0. The van der Waals surface area contributed by atoms with Crippen molar-refractivity contribution >= 4 is 29.3 Å². The molecule has 0 spiro atoms. The lowest BCUT2D eigenvalue weighted by Crippen LogP contribution is -2.51. The summed E-state index contributed by atoms with van der Waals surface area (Å²) in [6.45, 7) is 4.92. The maximum Gasteiger partial charge on any atom is 0.144 e. The molecule has 1 N–H and O–H groups in total. The van der Waals surface area contributed by atoms with E-state index in [0.717, 1.165) is 31.2 Å². The van der Waals surface area contributed by atoms with Gasteiger partial charge < -0.3 is 10.1 Å². The fourth-order valence-electron chi connectivity index (χ4n) is 3.70. The van der Waals surface area contributed by atoms with Crippen LogP contribution < -0.4 is 10.1 Å². The molecular weight excluding hydrogens is 352 g/mol. The summed E-state index contributed by atoms with van der Waals surface area (Å²) < 4.78 is 6.14. The topological polar surface area (TPSA) is 41.6 Å². The van der Waals surface area contributed by atoms with E-state index in [-0.39, 0.29) is 16.4 Å². The Morgan fingerprint density at radius 3 is 2.56 bits per heavy atom. The Labute approximate surface area is 158 Å².